The number of aryl methyl sites for hydroxylation is 2. The van der Waals surface area contributed by atoms with Crippen LogP contribution in [0.4, 0.5) is 33.3 Å². The minimum absolute atomic E-state index is 0.312. The van der Waals surface area contributed by atoms with E-state index in [-0.39, 0.29) is 5.82 Å². The van der Waals surface area contributed by atoms with E-state index < -0.39 is 5.91 Å². The molecule has 0 spiro atoms. The number of nitriles is 1. The zero-order valence-electron chi connectivity index (χ0n) is 28.0. The number of halogens is 1. The first-order valence-corrected chi connectivity index (χ1v) is 15.3. The lowest BCUT2D eigenvalue weighted by atomic mass is 10.1. The molecule has 0 atom stereocenters. The first-order valence-electron chi connectivity index (χ1n) is 15.3. The minimum atomic E-state index is -0.513. The SMILES string of the molecule is Cc1[nH]c(C#N)c(C)c1-c1ccnc(Nc2ccc(N(C)C)cc2)n1.Cc1[nH]c(C(N)=O)c(C)c1-c1ccnc(Nc2ccc(F)cc2)n1. The number of aromatic amines is 2. The summed E-state index contributed by atoms with van der Waals surface area (Å²) in [5, 5.41) is 15.4. The normalized spacial score (nSPS) is 10.5. The van der Waals surface area contributed by atoms with Gasteiger partial charge in [-0.1, -0.05) is 0 Å². The van der Waals surface area contributed by atoms with E-state index in [4.69, 9.17) is 5.73 Å². The second kappa shape index (κ2) is 14.5. The van der Waals surface area contributed by atoms with Crippen molar-refractivity contribution in [2.75, 3.05) is 29.6 Å². The van der Waals surface area contributed by atoms with Crippen LogP contribution in [0.1, 0.15) is 38.7 Å². The summed E-state index contributed by atoms with van der Waals surface area (Å²) in [6.45, 7) is 7.53. The third-order valence-corrected chi connectivity index (χ3v) is 7.80. The summed E-state index contributed by atoms with van der Waals surface area (Å²) in [6.07, 6.45) is 3.33. The molecule has 6 aromatic rings. The molecule has 6 N–H and O–H groups in total. The van der Waals surface area contributed by atoms with Crippen molar-refractivity contribution < 1.29 is 9.18 Å². The summed E-state index contributed by atoms with van der Waals surface area (Å²) in [4.78, 5) is 37.1. The summed E-state index contributed by atoms with van der Waals surface area (Å²) >= 11 is 0. The van der Waals surface area contributed by atoms with Crippen LogP contribution in [-0.4, -0.2) is 49.9 Å². The largest absolute Gasteiger partial charge is 0.378 e. The third kappa shape index (κ3) is 7.71. The number of primary amides is 1. The number of nitrogens with two attached hydrogens (primary N) is 1. The number of benzene rings is 2. The molecule has 13 heteroatoms. The van der Waals surface area contributed by atoms with Crippen LogP contribution >= 0.6 is 0 Å². The number of rotatable bonds is 8. The molecule has 0 aliphatic carbocycles. The lowest BCUT2D eigenvalue weighted by Crippen LogP contribution is -2.12. The van der Waals surface area contributed by atoms with Crippen molar-refractivity contribution in [2.45, 2.75) is 27.7 Å². The van der Waals surface area contributed by atoms with E-state index in [1.54, 1.807) is 30.6 Å². The highest BCUT2D eigenvalue weighted by Gasteiger charge is 2.18. The lowest BCUT2D eigenvalue weighted by Gasteiger charge is -2.13. The van der Waals surface area contributed by atoms with Crippen LogP contribution in [0.3, 0.4) is 0 Å². The highest BCUT2D eigenvalue weighted by Crippen LogP contribution is 2.30. The summed E-state index contributed by atoms with van der Waals surface area (Å²) in [5.41, 5.74) is 15.6. The van der Waals surface area contributed by atoms with Gasteiger partial charge in [-0.3, -0.25) is 4.79 Å². The van der Waals surface area contributed by atoms with Crippen molar-refractivity contribution in [2.24, 2.45) is 5.73 Å². The number of amides is 1. The van der Waals surface area contributed by atoms with Crippen LogP contribution in [-0.2, 0) is 0 Å². The highest BCUT2D eigenvalue weighted by molar-refractivity contribution is 5.95. The van der Waals surface area contributed by atoms with Crippen molar-refractivity contribution in [1.29, 1.82) is 5.26 Å². The Hall–Kier alpha value is -6.55. The smallest absolute Gasteiger partial charge is 0.265 e. The molecule has 2 aromatic carbocycles. The van der Waals surface area contributed by atoms with Gasteiger partial charge in [0.25, 0.3) is 5.91 Å². The molecule has 0 saturated carbocycles. The van der Waals surface area contributed by atoms with Crippen molar-refractivity contribution in [3.63, 3.8) is 0 Å². The van der Waals surface area contributed by atoms with Gasteiger partial charge in [-0.15, -0.1) is 0 Å². The second-order valence-corrected chi connectivity index (χ2v) is 11.5. The van der Waals surface area contributed by atoms with Gasteiger partial charge in [-0.2, -0.15) is 5.26 Å². The van der Waals surface area contributed by atoms with Gasteiger partial charge >= 0.3 is 0 Å². The molecule has 0 saturated heterocycles. The van der Waals surface area contributed by atoms with Crippen molar-refractivity contribution in [1.82, 2.24) is 29.9 Å². The molecule has 0 bridgehead atoms. The Labute approximate surface area is 283 Å². The van der Waals surface area contributed by atoms with Crippen LogP contribution in [0.15, 0.2) is 73.1 Å². The van der Waals surface area contributed by atoms with Crippen LogP contribution in [0, 0.1) is 44.8 Å². The fourth-order valence-corrected chi connectivity index (χ4v) is 5.38. The molecule has 248 valence electrons. The third-order valence-electron chi connectivity index (χ3n) is 7.80. The molecule has 12 nitrogen and oxygen atoms in total. The van der Waals surface area contributed by atoms with E-state index in [2.05, 4.69) is 46.6 Å². The van der Waals surface area contributed by atoms with E-state index in [1.165, 1.54) is 12.1 Å². The van der Waals surface area contributed by atoms with E-state index in [0.29, 0.717) is 34.7 Å². The predicted molar refractivity (Wildman–Crippen MR) is 190 cm³/mol. The molecule has 0 unspecified atom stereocenters. The Bertz CT molecular complexity index is 2140. The fourth-order valence-electron chi connectivity index (χ4n) is 5.38. The Balaban J connectivity index is 0.000000191. The fraction of sp³-hybridized carbons (Fsp3) is 0.167. The van der Waals surface area contributed by atoms with Gasteiger partial charge in [-0.05, 0) is 99.5 Å². The molecular weight excluding hydrogens is 621 g/mol. The Kier molecular flexibility index (Phi) is 9.99. The molecule has 4 aromatic heterocycles. The maximum Gasteiger partial charge on any atom is 0.265 e. The van der Waals surface area contributed by atoms with E-state index in [0.717, 1.165) is 50.7 Å². The van der Waals surface area contributed by atoms with Crippen molar-refractivity contribution >= 4 is 34.9 Å². The molecule has 6 rings (SSSR count). The zero-order valence-corrected chi connectivity index (χ0v) is 28.0. The Morgan fingerprint density at radius 2 is 1.27 bits per heavy atom. The number of carbonyl (C=O) groups excluding carboxylic acids is 1. The van der Waals surface area contributed by atoms with Gasteiger partial charge < -0.3 is 31.2 Å². The molecule has 1 amide bonds. The predicted octanol–water partition coefficient (Wildman–Crippen LogP) is 6.84. The van der Waals surface area contributed by atoms with Gasteiger partial charge in [0.15, 0.2) is 0 Å². The molecule has 49 heavy (non-hydrogen) atoms. The van der Waals surface area contributed by atoms with Crippen LogP contribution in [0.2, 0.25) is 0 Å². The minimum Gasteiger partial charge on any atom is -0.378 e. The van der Waals surface area contributed by atoms with Gasteiger partial charge in [0.05, 0.1) is 11.4 Å². The number of nitrogens with zero attached hydrogens (tertiary/aromatic N) is 6. The van der Waals surface area contributed by atoms with Gasteiger partial charge in [0.1, 0.15) is 23.3 Å². The van der Waals surface area contributed by atoms with Gasteiger partial charge in [0.2, 0.25) is 11.9 Å². The molecule has 0 fully saturated rings. The summed E-state index contributed by atoms with van der Waals surface area (Å²) in [5.74, 6) is 0.0710. The highest BCUT2D eigenvalue weighted by atomic mass is 19.1. The topological polar surface area (TPSA) is 177 Å². The average Bonchev–Trinajstić information content (AvgIpc) is 3.55. The first kappa shape index (κ1) is 33.8. The standard InChI is InChI=1S/C19H20N6.C17H16FN5O/c1-12-17(11-20)22-13(2)18(12)16-9-10-21-19(24-16)23-14-5-7-15(8-6-14)25(3)4;1-9-14(10(2)21-15(9)16(19)24)13-7-8-20-17(23-13)22-12-5-3-11(18)4-6-12/h5-10,22H,1-4H3,(H,21,23,24);3-8,21H,1-2H3,(H2,19,24)(H,20,22,23). The monoisotopic (exact) mass is 657 g/mol. The van der Waals surface area contributed by atoms with Crippen LogP contribution in [0.5, 0.6) is 0 Å². The van der Waals surface area contributed by atoms with E-state index in [9.17, 15) is 14.4 Å². The maximum absolute atomic E-state index is 13.0. The summed E-state index contributed by atoms with van der Waals surface area (Å²) in [7, 11) is 4.01. The number of H-pyrrole nitrogens is 2. The molecule has 0 aliphatic rings. The van der Waals surface area contributed by atoms with Crippen LogP contribution in [0.25, 0.3) is 22.5 Å². The average molecular weight is 658 g/mol. The zero-order chi connectivity index (χ0) is 35.2. The number of carbonyl (C=O) groups is 1. The molecule has 4 heterocycles. The quantitative estimate of drug-likeness (QED) is 0.117. The summed E-state index contributed by atoms with van der Waals surface area (Å²) < 4.78 is 13.0. The number of hydrogen-bond donors (Lipinski definition) is 5. The van der Waals surface area contributed by atoms with Crippen LogP contribution < -0.4 is 21.3 Å². The Morgan fingerprint density at radius 1 is 0.776 bits per heavy atom. The number of anilines is 5. The van der Waals surface area contributed by atoms with E-state index in [1.807, 2.05) is 77.0 Å². The lowest BCUT2D eigenvalue weighted by molar-refractivity contribution is 0.0995. The maximum atomic E-state index is 13.0. The van der Waals surface area contributed by atoms with E-state index >= 15 is 0 Å². The number of hydrogen-bond acceptors (Lipinski definition) is 9. The molecular formula is C36H36FN11O. The van der Waals surface area contributed by atoms with Gasteiger partial charge in [0, 0.05) is 66.1 Å². The van der Waals surface area contributed by atoms with Gasteiger partial charge in [-0.25, -0.2) is 24.3 Å². The van der Waals surface area contributed by atoms with Crippen molar-refractivity contribution in [3.8, 4) is 28.6 Å². The number of nitrogens with one attached hydrogen (secondary N) is 4. The Morgan fingerprint density at radius 3 is 1.71 bits per heavy atom. The summed E-state index contributed by atoms with van der Waals surface area (Å²) in [6, 6.07) is 19.7. The first-order chi connectivity index (χ1) is 23.4. The molecule has 0 aliphatic heterocycles. The number of aromatic nitrogens is 6. The van der Waals surface area contributed by atoms with Crippen molar-refractivity contribution in [3.05, 3.63) is 113 Å². The second-order valence-electron chi connectivity index (χ2n) is 11.5. The molecule has 0 radical (unpaired) electrons.